The number of thioether (sulfide) groups is 1. The molecule has 0 atom stereocenters. The molecular weight excluding hydrogens is 254 g/mol. The molecule has 3 nitrogen and oxygen atoms in total. The topological polar surface area (TPSA) is 43.8 Å². The van der Waals surface area contributed by atoms with Gasteiger partial charge in [-0.25, -0.2) is 4.98 Å². The second kappa shape index (κ2) is 7.24. The van der Waals surface area contributed by atoms with Gasteiger partial charge in [0.15, 0.2) is 0 Å². The van der Waals surface area contributed by atoms with Crippen LogP contribution < -0.4 is 5.73 Å². The molecule has 2 rings (SSSR count). The van der Waals surface area contributed by atoms with Crippen LogP contribution in [0.2, 0.25) is 0 Å². The molecule has 0 unspecified atom stereocenters. The number of rotatable bonds is 5. The van der Waals surface area contributed by atoms with E-state index >= 15 is 0 Å². The largest absolute Gasteiger partial charge is 0.399 e. The third kappa shape index (κ3) is 4.63. The molecular formula is C15H23N3S. The van der Waals surface area contributed by atoms with Crippen LogP contribution in [0.5, 0.6) is 0 Å². The molecule has 0 aliphatic heterocycles. The molecule has 1 aromatic carbocycles. The van der Waals surface area contributed by atoms with Gasteiger partial charge in [0.2, 0.25) is 0 Å². The SMILES string of the molecule is C.CC(C)Cn1cncc1CSc1ccc(N)cc1. The van der Waals surface area contributed by atoms with Crippen molar-refractivity contribution in [1.82, 2.24) is 9.55 Å². The van der Waals surface area contributed by atoms with Crippen molar-refractivity contribution in [1.29, 1.82) is 0 Å². The highest BCUT2D eigenvalue weighted by Crippen LogP contribution is 2.23. The minimum atomic E-state index is 0. The number of imidazole rings is 1. The smallest absolute Gasteiger partial charge is 0.0948 e. The normalized spacial score (nSPS) is 10.5. The van der Waals surface area contributed by atoms with Crippen LogP contribution in [0.1, 0.15) is 27.0 Å². The molecule has 1 heterocycles. The maximum Gasteiger partial charge on any atom is 0.0948 e. The standard InChI is InChI=1S/C14H19N3S.CH4/c1-11(2)8-17-10-16-7-13(17)9-18-14-5-3-12(15)4-6-14;/h3-7,10-11H,8-9,15H2,1-2H3;1H4. The Hall–Kier alpha value is -1.42. The van der Waals surface area contributed by atoms with Gasteiger partial charge in [0.05, 0.1) is 6.33 Å². The molecule has 0 amide bonds. The van der Waals surface area contributed by atoms with Gasteiger partial charge in [-0.3, -0.25) is 0 Å². The number of nitrogens with zero attached hydrogens (tertiary/aromatic N) is 2. The summed E-state index contributed by atoms with van der Waals surface area (Å²) in [5.74, 6) is 1.58. The molecule has 0 aliphatic carbocycles. The van der Waals surface area contributed by atoms with Crippen LogP contribution >= 0.6 is 11.8 Å². The van der Waals surface area contributed by atoms with E-state index in [-0.39, 0.29) is 7.43 Å². The van der Waals surface area contributed by atoms with Crippen molar-refractivity contribution in [3.05, 3.63) is 42.5 Å². The lowest BCUT2D eigenvalue weighted by Crippen LogP contribution is -2.06. The Labute approximate surface area is 120 Å². The van der Waals surface area contributed by atoms with E-state index in [4.69, 9.17) is 5.73 Å². The molecule has 0 saturated carbocycles. The zero-order valence-electron chi connectivity index (χ0n) is 10.8. The lowest BCUT2D eigenvalue weighted by atomic mass is 10.2. The van der Waals surface area contributed by atoms with Crippen LogP contribution in [0, 0.1) is 5.92 Å². The van der Waals surface area contributed by atoms with Gasteiger partial charge in [-0.1, -0.05) is 21.3 Å². The van der Waals surface area contributed by atoms with Gasteiger partial charge < -0.3 is 10.3 Å². The average molecular weight is 277 g/mol. The number of nitrogen functional groups attached to an aromatic ring is 1. The van der Waals surface area contributed by atoms with Crippen molar-refractivity contribution in [2.75, 3.05) is 5.73 Å². The first-order chi connectivity index (χ1) is 8.65. The Kier molecular flexibility index (Phi) is 5.96. The Bertz CT molecular complexity index is 488. The predicted octanol–water partition coefficient (Wildman–Crippen LogP) is 4.05. The number of hydrogen-bond donors (Lipinski definition) is 1. The molecule has 0 aliphatic rings. The molecule has 0 fully saturated rings. The van der Waals surface area contributed by atoms with Gasteiger partial charge in [0, 0.05) is 34.8 Å². The summed E-state index contributed by atoms with van der Waals surface area (Å²) < 4.78 is 2.23. The number of nitrogens with two attached hydrogens (primary N) is 1. The minimum Gasteiger partial charge on any atom is -0.399 e. The van der Waals surface area contributed by atoms with E-state index in [1.54, 1.807) is 0 Å². The number of anilines is 1. The Balaban J connectivity index is 0.00000180. The summed E-state index contributed by atoms with van der Waals surface area (Å²) in [6.45, 7) is 5.46. The first kappa shape index (κ1) is 15.6. The molecule has 0 saturated heterocycles. The predicted molar refractivity (Wildman–Crippen MR) is 84.2 cm³/mol. The summed E-state index contributed by atoms with van der Waals surface area (Å²) in [6, 6.07) is 7.99. The average Bonchev–Trinajstić information content (AvgIpc) is 2.75. The molecule has 104 valence electrons. The summed E-state index contributed by atoms with van der Waals surface area (Å²) in [7, 11) is 0. The van der Waals surface area contributed by atoms with Crippen molar-refractivity contribution in [2.24, 2.45) is 5.92 Å². The van der Waals surface area contributed by atoms with E-state index in [9.17, 15) is 0 Å². The number of benzene rings is 1. The van der Waals surface area contributed by atoms with Gasteiger partial charge in [-0.2, -0.15) is 0 Å². The molecule has 4 heteroatoms. The summed E-state index contributed by atoms with van der Waals surface area (Å²) in [4.78, 5) is 5.47. The van der Waals surface area contributed by atoms with Crippen LogP contribution in [0.15, 0.2) is 41.7 Å². The first-order valence-corrected chi connectivity index (χ1v) is 7.11. The molecule has 0 spiro atoms. The van der Waals surface area contributed by atoms with E-state index in [2.05, 4.69) is 35.5 Å². The fraction of sp³-hybridized carbons (Fsp3) is 0.400. The summed E-state index contributed by atoms with van der Waals surface area (Å²) in [6.07, 6.45) is 3.87. The maximum absolute atomic E-state index is 5.67. The second-order valence-electron chi connectivity index (χ2n) is 4.79. The first-order valence-electron chi connectivity index (χ1n) is 6.12. The molecule has 0 bridgehead atoms. The van der Waals surface area contributed by atoms with E-state index in [0.717, 1.165) is 18.0 Å². The molecule has 0 radical (unpaired) electrons. The highest BCUT2D eigenvalue weighted by atomic mass is 32.2. The van der Waals surface area contributed by atoms with E-state index in [1.165, 1.54) is 10.6 Å². The highest BCUT2D eigenvalue weighted by Gasteiger charge is 2.04. The zero-order chi connectivity index (χ0) is 13.0. The molecule has 19 heavy (non-hydrogen) atoms. The van der Waals surface area contributed by atoms with Gasteiger partial charge in [-0.05, 0) is 30.2 Å². The monoisotopic (exact) mass is 277 g/mol. The summed E-state index contributed by atoms with van der Waals surface area (Å²) in [5, 5.41) is 0. The second-order valence-corrected chi connectivity index (χ2v) is 5.84. The van der Waals surface area contributed by atoms with Crippen molar-refractivity contribution in [3.63, 3.8) is 0 Å². The quantitative estimate of drug-likeness (QED) is 0.662. The molecule has 2 N–H and O–H groups in total. The Morgan fingerprint density at radius 3 is 2.58 bits per heavy atom. The minimum absolute atomic E-state index is 0. The van der Waals surface area contributed by atoms with E-state index in [1.807, 2.05) is 36.4 Å². The van der Waals surface area contributed by atoms with Crippen molar-refractivity contribution >= 4 is 17.4 Å². The van der Waals surface area contributed by atoms with Crippen LogP contribution in [0.4, 0.5) is 5.69 Å². The highest BCUT2D eigenvalue weighted by molar-refractivity contribution is 7.98. The van der Waals surface area contributed by atoms with E-state index < -0.39 is 0 Å². The van der Waals surface area contributed by atoms with Gasteiger partial charge in [0.1, 0.15) is 0 Å². The van der Waals surface area contributed by atoms with E-state index in [0.29, 0.717) is 5.92 Å². The molecule has 2 aromatic rings. The number of hydrogen-bond acceptors (Lipinski definition) is 3. The van der Waals surface area contributed by atoms with Gasteiger partial charge >= 0.3 is 0 Å². The zero-order valence-corrected chi connectivity index (χ0v) is 11.7. The van der Waals surface area contributed by atoms with Gasteiger partial charge in [-0.15, -0.1) is 11.8 Å². The van der Waals surface area contributed by atoms with Crippen LogP contribution in [0.3, 0.4) is 0 Å². The van der Waals surface area contributed by atoms with Crippen molar-refractivity contribution in [2.45, 2.75) is 38.5 Å². The lowest BCUT2D eigenvalue weighted by molar-refractivity contribution is 0.514. The third-order valence-electron chi connectivity index (χ3n) is 2.63. The lowest BCUT2D eigenvalue weighted by Gasteiger charge is -2.10. The van der Waals surface area contributed by atoms with Crippen molar-refractivity contribution in [3.8, 4) is 0 Å². The van der Waals surface area contributed by atoms with Crippen LogP contribution in [-0.2, 0) is 12.3 Å². The van der Waals surface area contributed by atoms with Crippen molar-refractivity contribution < 1.29 is 0 Å². The number of aromatic nitrogens is 2. The van der Waals surface area contributed by atoms with Gasteiger partial charge in [0.25, 0.3) is 0 Å². The van der Waals surface area contributed by atoms with Crippen LogP contribution in [0.25, 0.3) is 0 Å². The fourth-order valence-electron chi connectivity index (χ4n) is 1.75. The summed E-state index contributed by atoms with van der Waals surface area (Å²) in [5.41, 5.74) is 7.75. The summed E-state index contributed by atoms with van der Waals surface area (Å²) >= 11 is 1.81. The van der Waals surface area contributed by atoms with Crippen LogP contribution in [-0.4, -0.2) is 9.55 Å². The maximum atomic E-state index is 5.67. The Morgan fingerprint density at radius 2 is 1.95 bits per heavy atom. The molecule has 1 aromatic heterocycles. The Morgan fingerprint density at radius 1 is 1.26 bits per heavy atom. The third-order valence-corrected chi connectivity index (χ3v) is 3.67. The fourth-order valence-corrected chi connectivity index (χ4v) is 2.63.